The summed E-state index contributed by atoms with van der Waals surface area (Å²) in [6.45, 7) is 2.95. The number of carbonyl (C=O) groups excluding carboxylic acids is 1. The summed E-state index contributed by atoms with van der Waals surface area (Å²) in [7, 11) is 0. The quantitative estimate of drug-likeness (QED) is 0.524. The third-order valence-corrected chi connectivity index (χ3v) is 4.53. The standard InChI is InChI=1S/C18H16Cl2N4O/c1-12-17(20)18(23-24(12)8-7-21-11-25)14-5-6-22-16(10-14)13-3-2-4-15(19)9-13/h2-6,9-11H,7-8H2,1H3,(H,21,25). The van der Waals surface area contributed by atoms with Crippen LogP contribution in [0.25, 0.3) is 22.5 Å². The summed E-state index contributed by atoms with van der Waals surface area (Å²) in [4.78, 5) is 14.8. The highest BCUT2D eigenvalue weighted by atomic mass is 35.5. The van der Waals surface area contributed by atoms with Crippen molar-refractivity contribution in [3.8, 4) is 22.5 Å². The monoisotopic (exact) mass is 374 g/mol. The van der Waals surface area contributed by atoms with Crippen molar-refractivity contribution in [1.82, 2.24) is 20.1 Å². The van der Waals surface area contributed by atoms with Crippen LogP contribution in [0.1, 0.15) is 5.69 Å². The van der Waals surface area contributed by atoms with E-state index in [0.29, 0.717) is 35.2 Å². The second-order valence-electron chi connectivity index (χ2n) is 5.48. The Balaban J connectivity index is 1.96. The van der Waals surface area contributed by atoms with Crippen molar-refractivity contribution in [2.45, 2.75) is 13.5 Å². The maximum atomic E-state index is 10.4. The SMILES string of the molecule is Cc1c(Cl)c(-c2ccnc(-c3cccc(Cl)c3)c2)nn1CCNC=O. The Labute approximate surface area is 155 Å². The van der Waals surface area contributed by atoms with Gasteiger partial charge in [-0.1, -0.05) is 35.3 Å². The van der Waals surface area contributed by atoms with Crippen LogP contribution >= 0.6 is 23.2 Å². The molecule has 1 aromatic carbocycles. The molecule has 0 unspecified atom stereocenters. The van der Waals surface area contributed by atoms with Gasteiger partial charge in [0.05, 0.1) is 23.0 Å². The van der Waals surface area contributed by atoms with Gasteiger partial charge in [0.15, 0.2) is 0 Å². The van der Waals surface area contributed by atoms with Crippen molar-refractivity contribution < 1.29 is 4.79 Å². The predicted octanol–water partition coefficient (Wildman–Crippen LogP) is 3.97. The zero-order valence-electron chi connectivity index (χ0n) is 13.5. The van der Waals surface area contributed by atoms with Crippen LogP contribution in [0.2, 0.25) is 10.0 Å². The van der Waals surface area contributed by atoms with Crippen LogP contribution in [0, 0.1) is 6.92 Å². The second-order valence-corrected chi connectivity index (χ2v) is 6.30. The van der Waals surface area contributed by atoms with Crippen LogP contribution in [0.3, 0.4) is 0 Å². The highest BCUT2D eigenvalue weighted by Gasteiger charge is 2.15. The second kappa shape index (κ2) is 7.68. The molecule has 0 radical (unpaired) electrons. The van der Waals surface area contributed by atoms with E-state index in [1.165, 1.54) is 0 Å². The highest BCUT2D eigenvalue weighted by molar-refractivity contribution is 6.33. The minimum atomic E-state index is 0.492. The number of amides is 1. The van der Waals surface area contributed by atoms with Gasteiger partial charge in [0.25, 0.3) is 0 Å². The van der Waals surface area contributed by atoms with E-state index in [9.17, 15) is 4.79 Å². The summed E-state index contributed by atoms with van der Waals surface area (Å²) in [5, 5.41) is 8.45. The number of hydrogen-bond acceptors (Lipinski definition) is 3. The van der Waals surface area contributed by atoms with Crippen molar-refractivity contribution in [2.24, 2.45) is 0 Å². The molecule has 1 amide bonds. The van der Waals surface area contributed by atoms with Crippen molar-refractivity contribution >= 4 is 29.6 Å². The molecule has 0 fully saturated rings. The van der Waals surface area contributed by atoms with Gasteiger partial charge in [-0.3, -0.25) is 14.5 Å². The van der Waals surface area contributed by atoms with E-state index in [-0.39, 0.29) is 0 Å². The predicted molar refractivity (Wildman–Crippen MR) is 99.7 cm³/mol. The Bertz CT molecular complexity index is 908. The largest absolute Gasteiger partial charge is 0.357 e. The van der Waals surface area contributed by atoms with Crippen LogP contribution in [-0.4, -0.2) is 27.7 Å². The summed E-state index contributed by atoms with van der Waals surface area (Å²) >= 11 is 12.5. The summed E-state index contributed by atoms with van der Waals surface area (Å²) in [5.41, 5.74) is 4.14. The topological polar surface area (TPSA) is 59.8 Å². The summed E-state index contributed by atoms with van der Waals surface area (Å²) in [6, 6.07) is 11.3. The van der Waals surface area contributed by atoms with Gasteiger partial charge in [-0.05, 0) is 31.2 Å². The van der Waals surface area contributed by atoms with Crippen molar-refractivity contribution in [3.05, 3.63) is 58.3 Å². The minimum absolute atomic E-state index is 0.492. The number of halogens is 2. The Morgan fingerprint density at radius 3 is 2.80 bits per heavy atom. The number of aromatic nitrogens is 3. The van der Waals surface area contributed by atoms with E-state index in [1.54, 1.807) is 10.9 Å². The summed E-state index contributed by atoms with van der Waals surface area (Å²) in [5.74, 6) is 0. The van der Waals surface area contributed by atoms with Crippen LogP contribution in [0.5, 0.6) is 0 Å². The Kier molecular flexibility index (Phi) is 5.36. The highest BCUT2D eigenvalue weighted by Crippen LogP contribution is 2.31. The molecule has 2 aromatic heterocycles. The zero-order chi connectivity index (χ0) is 17.8. The number of carbonyl (C=O) groups is 1. The number of pyridine rings is 1. The molecular formula is C18H16Cl2N4O. The van der Waals surface area contributed by atoms with E-state index in [0.717, 1.165) is 22.5 Å². The molecule has 7 heteroatoms. The van der Waals surface area contributed by atoms with Crippen LogP contribution in [0.15, 0.2) is 42.6 Å². The molecule has 3 rings (SSSR count). The fourth-order valence-corrected chi connectivity index (χ4v) is 2.97. The molecule has 25 heavy (non-hydrogen) atoms. The Morgan fingerprint density at radius 2 is 2.04 bits per heavy atom. The zero-order valence-corrected chi connectivity index (χ0v) is 15.1. The number of nitrogens with zero attached hydrogens (tertiary/aromatic N) is 3. The summed E-state index contributed by atoms with van der Waals surface area (Å²) in [6.07, 6.45) is 2.39. The Hall–Kier alpha value is -2.37. The van der Waals surface area contributed by atoms with E-state index >= 15 is 0 Å². The maximum absolute atomic E-state index is 10.4. The average Bonchev–Trinajstić information content (AvgIpc) is 2.91. The molecule has 2 heterocycles. The normalized spacial score (nSPS) is 10.7. The van der Waals surface area contributed by atoms with Crippen molar-refractivity contribution in [3.63, 3.8) is 0 Å². The smallest absolute Gasteiger partial charge is 0.207 e. The molecule has 0 atom stereocenters. The fraction of sp³-hybridized carbons (Fsp3) is 0.167. The average molecular weight is 375 g/mol. The van der Waals surface area contributed by atoms with Crippen LogP contribution in [0.4, 0.5) is 0 Å². The van der Waals surface area contributed by atoms with E-state index < -0.39 is 0 Å². The van der Waals surface area contributed by atoms with E-state index in [4.69, 9.17) is 23.2 Å². The lowest BCUT2D eigenvalue weighted by Crippen LogP contribution is -2.19. The lowest BCUT2D eigenvalue weighted by atomic mass is 10.1. The molecule has 0 bridgehead atoms. The summed E-state index contributed by atoms with van der Waals surface area (Å²) < 4.78 is 1.79. The molecule has 0 aliphatic heterocycles. The van der Waals surface area contributed by atoms with Gasteiger partial charge in [0.1, 0.15) is 5.69 Å². The van der Waals surface area contributed by atoms with Gasteiger partial charge >= 0.3 is 0 Å². The van der Waals surface area contributed by atoms with Gasteiger partial charge in [-0.15, -0.1) is 0 Å². The third kappa shape index (κ3) is 3.83. The molecule has 0 aliphatic rings. The molecular weight excluding hydrogens is 359 g/mol. The number of benzene rings is 1. The Morgan fingerprint density at radius 1 is 1.20 bits per heavy atom. The molecule has 0 saturated carbocycles. The number of hydrogen-bond donors (Lipinski definition) is 1. The molecule has 0 aliphatic carbocycles. The van der Waals surface area contributed by atoms with Crippen molar-refractivity contribution in [2.75, 3.05) is 6.54 Å². The molecule has 1 N–H and O–H groups in total. The van der Waals surface area contributed by atoms with Gasteiger partial charge < -0.3 is 5.32 Å². The van der Waals surface area contributed by atoms with E-state index in [2.05, 4.69) is 15.4 Å². The van der Waals surface area contributed by atoms with Gasteiger partial charge in [-0.25, -0.2) is 0 Å². The number of nitrogens with one attached hydrogen (secondary N) is 1. The fourth-order valence-electron chi connectivity index (χ4n) is 2.54. The van der Waals surface area contributed by atoms with Gasteiger partial charge in [0, 0.05) is 28.9 Å². The molecule has 0 spiro atoms. The van der Waals surface area contributed by atoms with Gasteiger partial charge in [-0.2, -0.15) is 5.10 Å². The lowest BCUT2D eigenvalue weighted by Gasteiger charge is -2.04. The molecule has 5 nitrogen and oxygen atoms in total. The first kappa shape index (κ1) is 17.5. The molecule has 0 saturated heterocycles. The first-order valence-electron chi connectivity index (χ1n) is 7.72. The molecule has 3 aromatic rings. The lowest BCUT2D eigenvalue weighted by molar-refractivity contribution is -0.109. The van der Waals surface area contributed by atoms with E-state index in [1.807, 2.05) is 43.3 Å². The van der Waals surface area contributed by atoms with Crippen LogP contribution < -0.4 is 5.32 Å². The number of rotatable bonds is 6. The van der Waals surface area contributed by atoms with Crippen LogP contribution in [-0.2, 0) is 11.3 Å². The van der Waals surface area contributed by atoms with Gasteiger partial charge in [0.2, 0.25) is 6.41 Å². The minimum Gasteiger partial charge on any atom is -0.357 e. The first-order chi connectivity index (χ1) is 12.1. The first-order valence-corrected chi connectivity index (χ1v) is 8.48. The molecule has 128 valence electrons. The third-order valence-electron chi connectivity index (χ3n) is 3.84. The van der Waals surface area contributed by atoms with Crippen molar-refractivity contribution in [1.29, 1.82) is 0 Å². The maximum Gasteiger partial charge on any atom is 0.207 e.